The summed E-state index contributed by atoms with van der Waals surface area (Å²) in [5.74, 6) is 0.285. The van der Waals surface area contributed by atoms with Crippen LogP contribution >= 0.6 is 23.5 Å². The highest BCUT2D eigenvalue weighted by atomic mass is 32.2. The molecule has 1 aromatic carbocycles. The standard InChI is InChI=1S/C18H20N4OS2/c1-13(8-9-19)25-16-5-3-2-4-15(16)21-17(23)12-24-18-20-10-11-22(18)14-6-7-14/h2-5,10-11,13-14H,6-8,12H2,1H3,(H,21,23)/t13-/m1/s1. The Morgan fingerprint density at radius 2 is 2.28 bits per heavy atom. The second-order valence-corrected chi connectivity index (χ2v) is 8.39. The monoisotopic (exact) mass is 372 g/mol. The summed E-state index contributed by atoms with van der Waals surface area (Å²) >= 11 is 3.07. The molecule has 1 atom stereocenters. The first-order valence-electron chi connectivity index (χ1n) is 8.25. The highest BCUT2D eigenvalue weighted by Crippen LogP contribution is 2.37. The number of nitrogens with one attached hydrogen (secondary N) is 1. The first kappa shape index (κ1) is 17.9. The van der Waals surface area contributed by atoms with Gasteiger partial charge in [-0.2, -0.15) is 5.26 Å². The van der Waals surface area contributed by atoms with Gasteiger partial charge >= 0.3 is 0 Å². The van der Waals surface area contributed by atoms with E-state index in [2.05, 4.69) is 20.9 Å². The number of hydrogen-bond donors (Lipinski definition) is 1. The molecule has 0 unspecified atom stereocenters. The van der Waals surface area contributed by atoms with Crippen LogP contribution in [-0.2, 0) is 4.79 Å². The second-order valence-electron chi connectivity index (χ2n) is 5.97. The van der Waals surface area contributed by atoms with Crippen molar-refractivity contribution < 1.29 is 4.79 Å². The van der Waals surface area contributed by atoms with Crippen LogP contribution in [0.3, 0.4) is 0 Å². The number of carbonyl (C=O) groups is 1. The fourth-order valence-electron chi connectivity index (χ4n) is 2.42. The van der Waals surface area contributed by atoms with E-state index < -0.39 is 0 Å². The summed E-state index contributed by atoms with van der Waals surface area (Å²) in [5, 5.41) is 12.9. The molecular weight excluding hydrogens is 352 g/mol. The Labute approximate surface area is 156 Å². The van der Waals surface area contributed by atoms with Crippen LogP contribution in [0.2, 0.25) is 0 Å². The molecule has 130 valence electrons. The molecule has 1 aromatic heterocycles. The van der Waals surface area contributed by atoms with Gasteiger partial charge in [-0.05, 0) is 25.0 Å². The summed E-state index contributed by atoms with van der Waals surface area (Å²) < 4.78 is 2.16. The van der Waals surface area contributed by atoms with Crippen LogP contribution in [0.4, 0.5) is 5.69 Å². The fraction of sp³-hybridized carbons (Fsp3) is 0.389. The average molecular weight is 373 g/mol. The molecule has 1 aliphatic carbocycles. The van der Waals surface area contributed by atoms with Gasteiger partial charge in [0.15, 0.2) is 5.16 Å². The van der Waals surface area contributed by atoms with E-state index in [1.807, 2.05) is 37.4 Å². The van der Waals surface area contributed by atoms with Crippen LogP contribution in [0.5, 0.6) is 0 Å². The van der Waals surface area contributed by atoms with Gasteiger partial charge in [0.1, 0.15) is 0 Å². The SMILES string of the molecule is C[C@H](CC#N)Sc1ccccc1NC(=O)CSc1nccn1C1CC1. The number of para-hydroxylation sites is 1. The Hall–Kier alpha value is -1.91. The Kier molecular flexibility index (Phi) is 6.05. The summed E-state index contributed by atoms with van der Waals surface area (Å²) in [5.41, 5.74) is 0.799. The molecule has 1 N–H and O–H groups in total. The minimum absolute atomic E-state index is 0.0451. The molecule has 5 nitrogen and oxygen atoms in total. The smallest absolute Gasteiger partial charge is 0.234 e. The number of thioether (sulfide) groups is 2. The molecule has 1 fully saturated rings. The molecular formula is C18H20N4OS2. The molecule has 0 saturated heterocycles. The van der Waals surface area contributed by atoms with E-state index in [1.54, 1.807) is 18.0 Å². The molecule has 7 heteroatoms. The molecule has 0 radical (unpaired) electrons. The molecule has 0 spiro atoms. The van der Waals surface area contributed by atoms with Crippen LogP contribution in [0.1, 0.15) is 32.2 Å². The third kappa shape index (κ3) is 5.03. The van der Waals surface area contributed by atoms with Crippen molar-refractivity contribution in [1.29, 1.82) is 5.26 Å². The molecule has 0 aliphatic heterocycles. The van der Waals surface area contributed by atoms with Crippen LogP contribution in [0.15, 0.2) is 46.7 Å². The maximum Gasteiger partial charge on any atom is 0.234 e. The lowest BCUT2D eigenvalue weighted by molar-refractivity contribution is -0.113. The number of carbonyl (C=O) groups excluding carboxylic acids is 1. The topological polar surface area (TPSA) is 70.7 Å². The minimum Gasteiger partial charge on any atom is -0.324 e. The highest BCUT2D eigenvalue weighted by molar-refractivity contribution is 8.00. The zero-order valence-electron chi connectivity index (χ0n) is 14.0. The normalized spacial score (nSPS) is 14.7. The van der Waals surface area contributed by atoms with Crippen LogP contribution in [-0.4, -0.2) is 26.5 Å². The van der Waals surface area contributed by atoms with Gasteiger partial charge < -0.3 is 9.88 Å². The van der Waals surface area contributed by atoms with E-state index >= 15 is 0 Å². The number of amides is 1. The minimum atomic E-state index is -0.0451. The fourth-order valence-corrected chi connectivity index (χ4v) is 4.24. The van der Waals surface area contributed by atoms with E-state index in [4.69, 9.17) is 5.26 Å². The van der Waals surface area contributed by atoms with Gasteiger partial charge in [0.2, 0.25) is 5.91 Å². The van der Waals surface area contributed by atoms with E-state index in [0.29, 0.717) is 18.2 Å². The van der Waals surface area contributed by atoms with E-state index in [1.165, 1.54) is 24.6 Å². The van der Waals surface area contributed by atoms with Crippen molar-refractivity contribution in [3.63, 3.8) is 0 Å². The van der Waals surface area contributed by atoms with Crippen molar-refractivity contribution in [2.24, 2.45) is 0 Å². The van der Waals surface area contributed by atoms with Crippen molar-refractivity contribution in [1.82, 2.24) is 9.55 Å². The first-order valence-corrected chi connectivity index (χ1v) is 10.1. The van der Waals surface area contributed by atoms with Crippen molar-refractivity contribution in [2.75, 3.05) is 11.1 Å². The largest absolute Gasteiger partial charge is 0.324 e. The van der Waals surface area contributed by atoms with Crippen molar-refractivity contribution in [3.8, 4) is 6.07 Å². The van der Waals surface area contributed by atoms with Crippen molar-refractivity contribution in [2.45, 2.75) is 47.5 Å². The number of imidazole rings is 1. The van der Waals surface area contributed by atoms with E-state index in [0.717, 1.165) is 15.7 Å². The lowest BCUT2D eigenvalue weighted by Crippen LogP contribution is -2.15. The lowest BCUT2D eigenvalue weighted by atomic mass is 10.3. The molecule has 1 heterocycles. The van der Waals surface area contributed by atoms with E-state index in [-0.39, 0.29) is 11.2 Å². The number of nitriles is 1. The highest BCUT2D eigenvalue weighted by Gasteiger charge is 2.25. The maximum atomic E-state index is 12.3. The number of nitrogens with zero attached hydrogens (tertiary/aromatic N) is 3. The van der Waals surface area contributed by atoms with Crippen molar-refractivity contribution in [3.05, 3.63) is 36.7 Å². The van der Waals surface area contributed by atoms with Gasteiger partial charge in [-0.3, -0.25) is 4.79 Å². The number of rotatable bonds is 8. The Bertz CT molecular complexity index is 779. The average Bonchev–Trinajstić information content (AvgIpc) is 3.33. The summed E-state index contributed by atoms with van der Waals surface area (Å²) in [7, 11) is 0. The zero-order valence-corrected chi connectivity index (χ0v) is 15.6. The zero-order chi connectivity index (χ0) is 17.6. The molecule has 25 heavy (non-hydrogen) atoms. The lowest BCUT2D eigenvalue weighted by Gasteiger charge is -2.13. The third-order valence-electron chi connectivity index (χ3n) is 3.77. The Balaban J connectivity index is 1.57. The van der Waals surface area contributed by atoms with Crippen LogP contribution in [0, 0.1) is 11.3 Å². The summed E-state index contributed by atoms with van der Waals surface area (Å²) in [6.07, 6.45) is 6.65. The molecule has 1 saturated carbocycles. The molecule has 3 rings (SSSR count). The van der Waals surface area contributed by atoms with Gasteiger partial charge in [-0.15, -0.1) is 11.8 Å². The number of hydrogen-bond acceptors (Lipinski definition) is 5. The summed E-state index contributed by atoms with van der Waals surface area (Å²) in [4.78, 5) is 17.7. The molecule has 2 aromatic rings. The second kappa shape index (κ2) is 8.45. The van der Waals surface area contributed by atoms with Crippen LogP contribution in [0.25, 0.3) is 0 Å². The molecule has 1 aliphatic rings. The van der Waals surface area contributed by atoms with Gasteiger partial charge in [0.25, 0.3) is 0 Å². The molecule has 1 amide bonds. The maximum absolute atomic E-state index is 12.3. The first-order chi connectivity index (χ1) is 12.2. The van der Waals surface area contributed by atoms with Crippen LogP contribution < -0.4 is 5.32 Å². The number of anilines is 1. The van der Waals surface area contributed by atoms with Gasteiger partial charge in [-0.25, -0.2) is 4.98 Å². The number of benzene rings is 1. The van der Waals surface area contributed by atoms with Gasteiger partial charge in [0.05, 0.1) is 17.5 Å². The summed E-state index contributed by atoms with van der Waals surface area (Å²) in [6, 6.07) is 10.5. The Morgan fingerprint density at radius 3 is 3.04 bits per heavy atom. The predicted molar refractivity (Wildman–Crippen MR) is 102 cm³/mol. The van der Waals surface area contributed by atoms with Crippen molar-refractivity contribution >= 4 is 35.1 Å². The Morgan fingerprint density at radius 1 is 1.48 bits per heavy atom. The number of aromatic nitrogens is 2. The quantitative estimate of drug-likeness (QED) is 0.698. The summed E-state index contributed by atoms with van der Waals surface area (Å²) in [6.45, 7) is 2.01. The molecule has 0 bridgehead atoms. The predicted octanol–water partition coefficient (Wildman–Crippen LogP) is 4.34. The van der Waals surface area contributed by atoms with Gasteiger partial charge in [-0.1, -0.05) is 30.8 Å². The van der Waals surface area contributed by atoms with Gasteiger partial charge in [0, 0.05) is 35.0 Å². The van der Waals surface area contributed by atoms with E-state index in [9.17, 15) is 4.79 Å². The third-order valence-corrected chi connectivity index (χ3v) is 5.93.